The van der Waals surface area contributed by atoms with Gasteiger partial charge in [-0.3, -0.25) is 24.1 Å². The number of nitrogens with zero attached hydrogens (tertiary/aromatic N) is 1. The highest BCUT2D eigenvalue weighted by atomic mass is 79.9. The molecule has 1 aromatic rings. The van der Waals surface area contributed by atoms with Gasteiger partial charge in [0.25, 0.3) is 5.91 Å². The number of carbonyl (C=O) groups excluding carboxylic acids is 4. The largest absolute Gasteiger partial charge is 0.510 e. The molecule has 7 atom stereocenters. The normalized spacial score (nSPS) is 30.7. The molecular formula is C25H29Br2N3O9. The van der Waals surface area contributed by atoms with Crippen LogP contribution in [0.5, 0.6) is 5.75 Å². The third kappa shape index (κ3) is 4.20. The number of fused-ring (bicyclic) bond motifs is 3. The first-order valence-electron chi connectivity index (χ1n) is 11.7. The maximum atomic E-state index is 13.8. The molecule has 0 aliphatic heterocycles. The van der Waals surface area contributed by atoms with Crippen molar-refractivity contribution in [2.24, 2.45) is 17.6 Å². The Labute approximate surface area is 242 Å². The molecular weight excluding hydrogens is 646 g/mol. The highest BCUT2D eigenvalue weighted by Gasteiger charge is 2.67. The molecule has 0 spiro atoms. The van der Waals surface area contributed by atoms with Gasteiger partial charge in [-0.15, -0.1) is 17.0 Å². The summed E-state index contributed by atoms with van der Waals surface area (Å²) in [5.74, 6) is -10.3. The fourth-order valence-electron chi connectivity index (χ4n) is 5.96. The number of primary amides is 1. The summed E-state index contributed by atoms with van der Waals surface area (Å²) in [6, 6.07) is 1.55. The van der Waals surface area contributed by atoms with Gasteiger partial charge in [0.2, 0.25) is 11.7 Å². The van der Waals surface area contributed by atoms with Gasteiger partial charge in [-0.25, -0.2) is 0 Å². The SMILES string of the molecule is Br.CC(Br)C(=O)Nc1ccc2c(c1O)C(=O)C1=C(O)C3(O)C(=O)C(C(N)=O)=C(O)[C@@H](N(C)C)C3C(O)C1C2C. The summed E-state index contributed by atoms with van der Waals surface area (Å²) in [4.78, 5) is 52.1. The molecule has 14 heteroatoms. The number of nitrogens with two attached hydrogens (primary N) is 1. The van der Waals surface area contributed by atoms with Crippen molar-refractivity contribution < 1.29 is 44.7 Å². The molecule has 12 nitrogen and oxygen atoms in total. The topological polar surface area (TPSA) is 211 Å². The van der Waals surface area contributed by atoms with E-state index in [1.807, 2.05) is 0 Å². The third-order valence-electron chi connectivity index (χ3n) is 7.75. The van der Waals surface area contributed by atoms with Gasteiger partial charge < -0.3 is 36.6 Å². The van der Waals surface area contributed by atoms with Gasteiger partial charge in [0.05, 0.1) is 34.1 Å². The summed E-state index contributed by atoms with van der Waals surface area (Å²) < 4.78 is 0. The number of aliphatic hydroxyl groups is 4. The monoisotopic (exact) mass is 673 g/mol. The van der Waals surface area contributed by atoms with Crippen molar-refractivity contribution in [2.45, 2.75) is 42.3 Å². The number of carbonyl (C=O) groups is 4. The number of amides is 2. The summed E-state index contributed by atoms with van der Waals surface area (Å²) in [7, 11) is 2.93. The number of aliphatic hydroxyl groups excluding tert-OH is 3. The number of likely N-dealkylation sites (N-methyl/N-ethyl adjacent to an activating group) is 1. The second-order valence-corrected chi connectivity index (χ2v) is 11.5. The lowest BCUT2D eigenvalue weighted by atomic mass is 9.55. The lowest BCUT2D eigenvalue weighted by Gasteiger charge is -2.53. The fourth-order valence-corrected chi connectivity index (χ4v) is 6.07. The molecule has 0 bridgehead atoms. The van der Waals surface area contributed by atoms with Crippen LogP contribution in [0, 0.1) is 11.8 Å². The molecule has 0 saturated carbocycles. The second kappa shape index (κ2) is 10.3. The van der Waals surface area contributed by atoms with Gasteiger partial charge in [0.1, 0.15) is 17.1 Å². The first-order chi connectivity index (χ1) is 17.6. The molecule has 212 valence electrons. The summed E-state index contributed by atoms with van der Waals surface area (Å²) in [6.07, 6.45) is -1.68. The number of phenols is 1. The van der Waals surface area contributed by atoms with E-state index in [0.717, 1.165) is 0 Å². The van der Waals surface area contributed by atoms with E-state index in [9.17, 15) is 44.7 Å². The minimum Gasteiger partial charge on any atom is -0.510 e. The fraction of sp³-hybridized carbons (Fsp3) is 0.440. The molecule has 0 heterocycles. The van der Waals surface area contributed by atoms with E-state index >= 15 is 0 Å². The molecule has 3 aliphatic carbocycles. The number of alkyl halides is 1. The van der Waals surface area contributed by atoms with Crippen molar-refractivity contribution in [3.8, 4) is 5.75 Å². The Hall–Kier alpha value is -2.78. The standard InChI is InChI=1S/C25H28BrN3O9.BrH/c1-7-9-5-6-10(28-24(37)8(2)26)17(30)12(9)18(31)13-11(7)19(32)15-16(29(3)4)20(33)14(23(27)36)22(35)25(15,38)21(13)34;/h5-8,11,15-16,19,30,32-34,38H,1-4H3,(H2,27,36)(H,28,37);1H/t7?,8?,11?,15?,16-,19?,25?;/m0./s1. The van der Waals surface area contributed by atoms with Crippen molar-refractivity contribution in [2.75, 3.05) is 19.4 Å². The van der Waals surface area contributed by atoms with Crippen LogP contribution >= 0.6 is 32.9 Å². The van der Waals surface area contributed by atoms with Crippen LogP contribution in [0.25, 0.3) is 0 Å². The van der Waals surface area contributed by atoms with E-state index in [2.05, 4.69) is 21.2 Å². The molecule has 3 aliphatic rings. The van der Waals surface area contributed by atoms with Crippen LogP contribution < -0.4 is 11.1 Å². The maximum absolute atomic E-state index is 13.8. The van der Waals surface area contributed by atoms with Crippen molar-refractivity contribution >= 4 is 62.0 Å². The smallest absolute Gasteiger partial charge is 0.255 e. The Bertz CT molecular complexity index is 1360. The summed E-state index contributed by atoms with van der Waals surface area (Å²) in [6.45, 7) is 3.18. The molecule has 39 heavy (non-hydrogen) atoms. The van der Waals surface area contributed by atoms with Crippen LogP contribution in [0.1, 0.15) is 35.7 Å². The third-order valence-corrected chi connectivity index (χ3v) is 8.17. The number of hydrogen-bond donors (Lipinski definition) is 7. The number of rotatable bonds is 4. The van der Waals surface area contributed by atoms with Crippen molar-refractivity contribution in [3.05, 3.63) is 45.9 Å². The first kappa shape index (κ1) is 30.8. The van der Waals surface area contributed by atoms with Crippen molar-refractivity contribution in [3.63, 3.8) is 0 Å². The lowest BCUT2D eigenvalue weighted by molar-refractivity contribution is -0.162. The number of hydrogen-bond acceptors (Lipinski definition) is 10. The zero-order chi connectivity index (χ0) is 28.6. The van der Waals surface area contributed by atoms with Crippen LogP contribution in [-0.2, 0) is 14.4 Å². The summed E-state index contributed by atoms with van der Waals surface area (Å²) >= 11 is 3.11. The molecule has 0 radical (unpaired) electrons. The van der Waals surface area contributed by atoms with Gasteiger partial charge in [0.15, 0.2) is 17.1 Å². The first-order valence-corrected chi connectivity index (χ1v) is 12.6. The van der Waals surface area contributed by atoms with Crippen LogP contribution in [-0.4, -0.2) is 90.5 Å². The van der Waals surface area contributed by atoms with Gasteiger partial charge in [-0.1, -0.05) is 28.9 Å². The van der Waals surface area contributed by atoms with E-state index in [1.54, 1.807) is 13.8 Å². The average Bonchev–Trinajstić information content (AvgIpc) is 2.82. The molecule has 0 fully saturated rings. The Morgan fingerprint density at radius 3 is 2.28 bits per heavy atom. The predicted molar refractivity (Wildman–Crippen MR) is 147 cm³/mol. The summed E-state index contributed by atoms with van der Waals surface area (Å²) in [5.41, 5.74) is 0.750. The maximum Gasteiger partial charge on any atom is 0.255 e. The molecule has 6 unspecified atom stereocenters. The number of halogens is 2. The van der Waals surface area contributed by atoms with E-state index in [-0.39, 0.29) is 28.2 Å². The second-order valence-electron chi connectivity index (χ2n) is 10.1. The number of phenolic OH excluding ortho intramolecular Hbond substituents is 1. The van der Waals surface area contributed by atoms with Gasteiger partial charge >= 0.3 is 0 Å². The molecule has 8 N–H and O–H groups in total. The van der Waals surface area contributed by atoms with Crippen molar-refractivity contribution in [1.29, 1.82) is 0 Å². The zero-order valence-corrected chi connectivity index (χ0v) is 24.6. The molecule has 2 amide bonds. The highest BCUT2D eigenvalue weighted by Crippen LogP contribution is 2.56. The lowest BCUT2D eigenvalue weighted by Crippen LogP contribution is -2.68. The van der Waals surface area contributed by atoms with Crippen molar-refractivity contribution in [1.82, 2.24) is 4.90 Å². The number of ketones is 2. The molecule has 0 aromatic heterocycles. The van der Waals surface area contributed by atoms with E-state index < -0.39 is 92.1 Å². The highest BCUT2D eigenvalue weighted by molar-refractivity contribution is 9.10. The average molecular weight is 675 g/mol. The van der Waals surface area contributed by atoms with Gasteiger partial charge in [-0.05, 0) is 38.6 Å². The minimum absolute atomic E-state index is 0. The Morgan fingerprint density at radius 2 is 1.77 bits per heavy atom. The number of aromatic hydroxyl groups is 1. The Balaban J connectivity index is 0.00000420. The Morgan fingerprint density at radius 1 is 1.18 bits per heavy atom. The summed E-state index contributed by atoms with van der Waals surface area (Å²) in [5, 5.41) is 58.9. The quantitative estimate of drug-likeness (QED) is 0.137. The minimum atomic E-state index is -2.99. The number of Topliss-reactive ketones (excluding diaryl/α,β-unsaturated/α-hetero) is 2. The van der Waals surface area contributed by atoms with Crippen LogP contribution in [0.4, 0.5) is 5.69 Å². The van der Waals surface area contributed by atoms with E-state index in [1.165, 1.54) is 31.1 Å². The van der Waals surface area contributed by atoms with Gasteiger partial charge in [-0.2, -0.15) is 0 Å². The number of benzene rings is 1. The van der Waals surface area contributed by atoms with Crippen LogP contribution in [0.3, 0.4) is 0 Å². The van der Waals surface area contributed by atoms with E-state index in [0.29, 0.717) is 5.56 Å². The van der Waals surface area contributed by atoms with Crippen LogP contribution in [0.15, 0.2) is 34.8 Å². The van der Waals surface area contributed by atoms with E-state index in [4.69, 9.17) is 5.73 Å². The number of anilines is 1. The molecule has 1 aromatic carbocycles. The molecule has 4 rings (SSSR count). The predicted octanol–water partition coefficient (Wildman–Crippen LogP) is 0.952. The van der Waals surface area contributed by atoms with Gasteiger partial charge in [0, 0.05) is 11.5 Å². The van der Waals surface area contributed by atoms with Crippen LogP contribution in [0.2, 0.25) is 0 Å². The number of nitrogens with one attached hydrogen (secondary N) is 1. The zero-order valence-electron chi connectivity index (χ0n) is 21.3. The Kier molecular flexibility index (Phi) is 8.14. The molecule has 0 saturated heterocycles.